The number of non-ortho nitro benzene ring substituents is 1. The van der Waals surface area contributed by atoms with Gasteiger partial charge >= 0.3 is 0 Å². The first-order valence-corrected chi connectivity index (χ1v) is 10.9. The van der Waals surface area contributed by atoms with Gasteiger partial charge in [-0.15, -0.1) is 0 Å². The fraction of sp³-hybridized carbons (Fsp3) is 0.400. The molecule has 0 radical (unpaired) electrons. The van der Waals surface area contributed by atoms with E-state index in [9.17, 15) is 18.5 Å². The highest BCUT2D eigenvalue weighted by molar-refractivity contribution is 7.89. The molecule has 156 valence electrons. The Hall–Kier alpha value is -2.49. The molecule has 0 aromatic heterocycles. The monoisotopic (exact) mass is 419 g/mol. The Morgan fingerprint density at radius 2 is 1.79 bits per heavy atom. The number of nitro groups is 1. The van der Waals surface area contributed by atoms with Crippen LogP contribution in [0.1, 0.15) is 11.1 Å². The number of ether oxygens (including phenoxy) is 1. The van der Waals surface area contributed by atoms with Crippen LogP contribution in [-0.2, 0) is 10.0 Å². The molecule has 0 spiro atoms. The average Bonchev–Trinajstić information content (AvgIpc) is 2.68. The maximum atomic E-state index is 13.0. The SMILES string of the molecule is Cc1cccc(OCCN2CCN(S(=O)(=O)c3cc([N+](=O)[O-])ccc3C)CC2)c1. The molecule has 2 aromatic carbocycles. The standard InChI is InChI=1S/C20H25N3O5S/c1-16-4-3-5-19(14-16)28-13-12-21-8-10-22(11-9-21)29(26,27)20-15-18(23(24)25)7-6-17(20)2/h3-7,14-15H,8-13H2,1-2H3. The van der Waals surface area contributed by atoms with E-state index in [1.54, 1.807) is 6.92 Å². The molecule has 1 aliphatic rings. The van der Waals surface area contributed by atoms with Gasteiger partial charge < -0.3 is 4.74 Å². The Balaban J connectivity index is 1.57. The molecule has 1 heterocycles. The zero-order valence-corrected chi connectivity index (χ0v) is 17.4. The van der Waals surface area contributed by atoms with E-state index in [0.29, 0.717) is 44.9 Å². The second kappa shape index (κ2) is 8.89. The fourth-order valence-corrected chi connectivity index (χ4v) is 4.98. The van der Waals surface area contributed by atoms with Gasteiger partial charge in [-0.25, -0.2) is 8.42 Å². The van der Waals surface area contributed by atoms with Crippen molar-refractivity contribution in [2.45, 2.75) is 18.7 Å². The van der Waals surface area contributed by atoms with Gasteiger partial charge in [-0.1, -0.05) is 18.2 Å². The zero-order chi connectivity index (χ0) is 21.0. The molecule has 0 bridgehead atoms. The number of sulfonamides is 1. The molecule has 0 N–H and O–H groups in total. The maximum absolute atomic E-state index is 13.0. The van der Waals surface area contributed by atoms with Crippen LogP contribution in [0, 0.1) is 24.0 Å². The van der Waals surface area contributed by atoms with Crippen molar-refractivity contribution in [3.8, 4) is 5.75 Å². The van der Waals surface area contributed by atoms with E-state index in [1.807, 2.05) is 31.2 Å². The van der Waals surface area contributed by atoms with Crippen LogP contribution in [0.3, 0.4) is 0 Å². The molecule has 0 saturated carbocycles. The normalized spacial score (nSPS) is 15.9. The van der Waals surface area contributed by atoms with Crippen molar-refractivity contribution in [1.82, 2.24) is 9.21 Å². The van der Waals surface area contributed by atoms with E-state index >= 15 is 0 Å². The van der Waals surface area contributed by atoms with Crippen LogP contribution in [0.4, 0.5) is 5.69 Å². The molecule has 2 aromatic rings. The quantitative estimate of drug-likeness (QED) is 0.506. The lowest BCUT2D eigenvalue weighted by Gasteiger charge is -2.34. The Morgan fingerprint density at radius 1 is 1.07 bits per heavy atom. The molecule has 9 heteroatoms. The number of piperazine rings is 1. The predicted octanol–water partition coefficient (Wildman–Crippen LogP) is 2.60. The largest absolute Gasteiger partial charge is 0.492 e. The summed E-state index contributed by atoms with van der Waals surface area (Å²) in [5, 5.41) is 11.0. The van der Waals surface area contributed by atoms with E-state index in [2.05, 4.69) is 4.90 Å². The highest BCUT2D eigenvalue weighted by atomic mass is 32.2. The third kappa shape index (κ3) is 5.11. The molecule has 0 aliphatic carbocycles. The molecule has 1 saturated heterocycles. The van der Waals surface area contributed by atoms with E-state index in [4.69, 9.17) is 4.74 Å². The topological polar surface area (TPSA) is 93.0 Å². The zero-order valence-electron chi connectivity index (χ0n) is 16.6. The first-order valence-electron chi connectivity index (χ1n) is 9.44. The number of nitrogens with zero attached hydrogens (tertiary/aromatic N) is 3. The molecular formula is C20H25N3O5S. The number of hydrogen-bond donors (Lipinski definition) is 0. The minimum atomic E-state index is -3.77. The van der Waals surface area contributed by atoms with Crippen molar-refractivity contribution in [3.63, 3.8) is 0 Å². The highest BCUT2D eigenvalue weighted by Crippen LogP contribution is 2.25. The summed E-state index contributed by atoms with van der Waals surface area (Å²) in [7, 11) is -3.77. The molecule has 29 heavy (non-hydrogen) atoms. The van der Waals surface area contributed by atoms with Gasteiger partial charge in [0.15, 0.2) is 0 Å². The van der Waals surface area contributed by atoms with E-state index in [1.165, 1.54) is 16.4 Å². The van der Waals surface area contributed by atoms with Crippen LogP contribution < -0.4 is 4.74 Å². The van der Waals surface area contributed by atoms with E-state index in [-0.39, 0.29) is 10.6 Å². The summed E-state index contributed by atoms with van der Waals surface area (Å²) >= 11 is 0. The molecular weight excluding hydrogens is 394 g/mol. The van der Waals surface area contributed by atoms with Crippen LogP contribution in [-0.4, -0.2) is 61.9 Å². The van der Waals surface area contributed by atoms with Gasteiger partial charge in [-0.2, -0.15) is 4.31 Å². The van der Waals surface area contributed by atoms with Gasteiger partial charge in [-0.3, -0.25) is 15.0 Å². The summed E-state index contributed by atoms with van der Waals surface area (Å²) in [5.41, 5.74) is 1.42. The summed E-state index contributed by atoms with van der Waals surface area (Å²) in [4.78, 5) is 12.6. The first kappa shape index (κ1) is 21.2. The fourth-order valence-electron chi connectivity index (χ4n) is 3.31. The van der Waals surface area contributed by atoms with Crippen molar-refractivity contribution in [3.05, 3.63) is 63.7 Å². The number of nitro benzene ring substituents is 1. The Morgan fingerprint density at radius 3 is 2.45 bits per heavy atom. The van der Waals surface area contributed by atoms with E-state index < -0.39 is 14.9 Å². The van der Waals surface area contributed by atoms with Crippen LogP contribution in [0.25, 0.3) is 0 Å². The lowest BCUT2D eigenvalue weighted by molar-refractivity contribution is -0.385. The van der Waals surface area contributed by atoms with Crippen molar-refractivity contribution in [2.75, 3.05) is 39.3 Å². The van der Waals surface area contributed by atoms with Gasteiger partial charge in [0.2, 0.25) is 10.0 Å². The van der Waals surface area contributed by atoms with Crippen molar-refractivity contribution >= 4 is 15.7 Å². The molecule has 1 aliphatic heterocycles. The second-order valence-corrected chi connectivity index (χ2v) is 9.02. The van der Waals surface area contributed by atoms with Gasteiger partial charge in [0.25, 0.3) is 5.69 Å². The molecule has 0 unspecified atom stereocenters. The van der Waals surface area contributed by atoms with Crippen molar-refractivity contribution in [2.24, 2.45) is 0 Å². The molecule has 0 atom stereocenters. The van der Waals surface area contributed by atoms with Gasteiger partial charge in [0, 0.05) is 44.9 Å². The summed E-state index contributed by atoms with van der Waals surface area (Å²) in [5.74, 6) is 0.826. The summed E-state index contributed by atoms with van der Waals surface area (Å²) in [6, 6.07) is 11.8. The number of rotatable bonds is 7. The summed E-state index contributed by atoms with van der Waals surface area (Å²) in [6.07, 6.45) is 0. The lowest BCUT2D eigenvalue weighted by Crippen LogP contribution is -2.49. The summed E-state index contributed by atoms with van der Waals surface area (Å²) < 4.78 is 33.1. The van der Waals surface area contributed by atoms with Gasteiger partial charge in [-0.05, 0) is 37.1 Å². The Kier molecular flexibility index (Phi) is 6.51. The van der Waals surface area contributed by atoms with Gasteiger partial charge in [0.1, 0.15) is 12.4 Å². The lowest BCUT2D eigenvalue weighted by atomic mass is 10.2. The highest BCUT2D eigenvalue weighted by Gasteiger charge is 2.30. The van der Waals surface area contributed by atoms with Gasteiger partial charge in [0.05, 0.1) is 9.82 Å². The Labute approximate surface area is 170 Å². The van der Waals surface area contributed by atoms with Crippen LogP contribution in [0.15, 0.2) is 47.4 Å². The second-order valence-electron chi connectivity index (χ2n) is 7.12. The maximum Gasteiger partial charge on any atom is 0.270 e. The first-order chi connectivity index (χ1) is 13.8. The number of benzene rings is 2. The summed E-state index contributed by atoms with van der Waals surface area (Å²) in [6.45, 7) is 6.75. The smallest absolute Gasteiger partial charge is 0.270 e. The third-order valence-corrected chi connectivity index (χ3v) is 7.04. The van der Waals surface area contributed by atoms with Crippen molar-refractivity contribution in [1.29, 1.82) is 0 Å². The Bertz CT molecular complexity index is 985. The van der Waals surface area contributed by atoms with Crippen LogP contribution >= 0.6 is 0 Å². The molecule has 1 fully saturated rings. The third-order valence-electron chi connectivity index (χ3n) is 5.00. The average molecular weight is 420 g/mol. The minimum Gasteiger partial charge on any atom is -0.492 e. The number of hydrogen-bond acceptors (Lipinski definition) is 6. The van der Waals surface area contributed by atoms with Crippen LogP contribution in [0.2, 0.25) is 0 Å². The van der Waals surface area contributed by atoms with E-state index in [0.717, 1.165) is 17.4 Å². The minimum absolute atomic E-state index is 0.00271. The molecule has 3 rings (SSSR count). The molecule has 8 nitrogen and oxygen atoms in total. The van der Waals surface area contributed by atoms with Crippen molar-refractivity contribution < 1.29 is 18.1 Å². The molecule has 0 amide bonds. The van der Waals surface area contributed by atoms with Crippen LogP contribution in [0.5, 0.6) is 5.75 Å². The predicted molar refractivity (Wildman–Crippen MR) is 110 cm³/mol. The number of aryl methyl sites for hydroxylation is 2.